The Kier molecular flexibility index (Phi) is 6.86. The number of nitrogens with zero attached hydrogens (tertiary/aromatic N) is 2. The molecule has 2 fully saturated rings. The minimum absolute atomic E-state index is 0.0600. The number of nitrogens with one attached hydrogen (secondary N) is 1. The fraction of sp³-hybridized carbons (Fsp3) is 0.696. The largest absolute Gasteiger partial charge is 0.492 e. The number of rotatable bonds is 6. The van der Waals surface area contributed by atoms with Gasteiger partial charge in [0, 0.05) is 12.6 Å². The highest BCUT2D eigenvalue weighted by atomic mass is 16.5. The Bertz CT molecular complexity index is 636. The van der Waals surface area contributed by atoms with Crippen LogP contribution in [0.3, 0.4) is 0 Å². The molecule has 5 heteroatoms. The number of hydrogen-bond donors (Lipinski definition) is 1. The lowest BCUT2D eigenvalue weighted by Crippen LogP contribution is -2.47. The first kappa shape index (κ1) is 19.7. The molecule has 4 rings (SSSR count). The number of benzene rings is 1. The molecule has 3 heterocycles. The van der Waals surface area contributed by atoms with Crippen molar-refractivity contribution >= 4 is 5.91 Å². The molecule has 1 atom stereocenters. The van der Waals surface area contributed by atoms with Gasteiger partial charge in [0.25, 0.3) is 0 Å². The van der Waals surface area contributed by atoms with Crippen molar-refractivity contribution in [2.45, 2.75) is 51.0 Å². The molecule has 1 N–H and O–H groups in total. The minimum Gasteiger partial charge on any atom is -0.492 e. The Labute approximate surface area is 169 Å². The first-order valence-corrected chi connectivity index (χ1v) is 11.2. The molecule has 28 heavy (non-hydrogen) atoms. The van der Waals surface area contributed by atoms with E-state index in [1.54, 1.807) is 0 Å². The van der Waals surface area contributed by atoms with Gasteiger partial charge in [0.2, 0.25) is 5.91 Å². The summed E-state index contributed by atoms with van der Waals surface area (Å²) in [5.41, 5.74) is 1.14. The van der Waals surface area contributed by atoms with E-state index in [-0.39, 0.29) is 11.8 Å². The molecule has 0 unspecified atom stereocenters. The average Bonchev–Trinajstić information content (AvgIpc) is 2.77. The van der Waals surface area contributed by atoms with Gasteiger partial charge >= 0.3 is 0 Å². The number of ether oxygens (including phenoxy) is 1. The van der Waals surface area contributed by atoms with Gasteiger partial charge in [-0.05, 0) is 82.9 Å². The average molecular weight is 386 g/mol. The van der Waals surface area contributed by atoms with Crippen LogP contribution in [0.1, 0.15) is 44.1 Å². The highest BCUT2D eigenvalue weighted by Crippen LogP contribution is 2.26. The Morgan fingerprint density at radius 3 is 2.68 bits per heavy atom. The molecular formula is C23H35N3O2. The Morgan fingerprint density at radius 2 is 1.86 bits per heavy atom. The van der Waals surface area contributed by atoms with Gasteiger partial charge in [0.15, 0.2) is 0 Å². The zero-order chi connectivity index (χ0) is 19.2. The number of likely N-dealkylation sites (tertiary alicyclic amines) is 2. The van der Waals surface area contributed by atoms with Crippen LogP contribution < -0.4 is 10.1 Å². The van der Waals surface area contributed by atoms with Crippen LogP contribution in [0.25, 0.3) is 0 Å². The normalized spacial score (nSPS) is 24.4. The summed E-state index contributed by atoms with van der Waals surface area (Å²) < 4.78 is 5.75. The summed E-state index contributed by atoms with van der Waals surface area (Å²) >= 11 is 0. The van der Waals surface area contributed by atoms with Gasteiger partial charge in [-0.15, -0.1) is 0 Å². The van der Waals surface area contributed by atoms with Crippen LogP contribution in [-0.4, -0.2) is 67.6 Å². The van der Waals surface area contributed by atoms with Crippen LogP contribution >= 0.6 is 0 Å². The van der Waals surface area contributed by atoms with Crippen molar-refractivity contribution in [1.29, 1.82) is 0 Å². The van der Waals surface area contributed by atoms with Gasteiger partial charge in [-0.3, -0.25) is 4.79 Å². The molecule has 1 amide bonds. The third kappa shape index (κ3) is 5.06. The molecule has 0 spiro atoms. The summed E-state index contributed by atoms with van der Waals surface area (Å²) in [6.45, 7) is 7.40. The molecule has 154 valence electrons. The number of hydrogen-bond acceptors (Lipinski definition) is 4. The molecule has 0 aromatic heterocycles. The zero-order valence-corrected chi connectivity index (χ0v) is 17.1. The number of carbonyl (C=O) groups is 1. The van der Waals surface area contributed by atoms with Crippen molar-refractivity contribution in [3.8, 4) is 5.75 Å². The SMILES string of the molecule is O=C(NCCCN1CCC(N2CCCCC2)CC1)[C@H]1COc2ccccc2C1. The van der Waals surface area contributed by atoms with Crippen LogP contribution in [0.5, 0.6) is 5.75 Å². The first-order valence-electron chi connectivity index (χ1n) is 11.2. The second kappa shape index (κ2) is 9.75. The van der Waals surface area contributed by atoms with Gasteiger partial charge in [-0.1, -0.05) is 24.6 Å². The lowest BCUT2D eigenvalue weighted by atomic mass is 9.96. The molecule has 1 aromatic rings. The Hall–Kier alpha value is -1.59. The van der Waals surface area contributed by atoms with Crippen LogP contribution in [0, 0.1) is 5.92 Å². The van der Waals surface area contributed by atoms with E-state index in [2.05, 4.69) is 21.2 Å². The summed E-state index contributed by atoms with van der Waals surface area (Å²) in [5, 5.41) is 3.13. The topological polar surface area (TPSA) is 44.8 Å². The number of para-hydroxylation sites is 1. The van der Waals surface area contributed by atoms with Crippen LogP contribution in [0.15, 0.2) is 24.3 Å². The molecule has 3 aliphatic rings. The zero-order valence-electron chi connectivity index (χ0n) is 17.1. The highest BCUT2D eigenvalue weighted by molar-refractivity contribution is 5.79. The molecule has 2 saturated heterocycles. The van der Waals surface area contributed by atoms with Crippen LogP contribution in [-0.2, 0) is 11.2 Å². The summed E-state index contributed by atoms with van der Waals surface area (Å²) in [6.07, 6.45) is 8.63. The predicted molar refractivity (Wildman–Crippen MR) is 112 cm³/mol. The summed E-state index contributed by atoms with van der Waals surface area (Å²) in [7, 11) is 0. The van der Waals surface area contributed by atoms with Crippen LogP contribution in [0.4, 0.5) is 0 Å². The van der Waals surface area contributed by atoms with E-state index in [0.717, 1.165) is 43.3 Å². The lowest BCUT2D eigenvalue weighted by molar-refractivity contribution is -0.126. The Balaban J connectivity index is 1.11. The van der Waals surface area contributed by atoms with Crippen LogP contribution in [0.2, 0.25) is 0 Å². The van der Waals surface area contributed by atoms with Crippen molar-refractivity contribution in [2.24, 2.45) is 5.92 Å². The van der Waals surface area contributed by atoms with E-state index in [1.165, 1.54) is 58.3 Å². The van der Waals surface area contributed by atoms with E-state index in [9.17, 15) is 4.79 Å². The molecule has 3 aliphatic heterocycles. The molecule has 0 aliphatic carbocycles. The molecular weight excluding hydrogens is 350 g/mol. The highest BCUT2D eigenvalue weighted by Gasteiger charge is 2.26. The first-order chi connectivity index (χ1) is 13.8. The number of fused-ring (bicyclic) bond motifs is 1. The van der Waals surface area contributed by atoms with Gasteiger partial charge in [0.05, 0.1) is 5.92 Å². The van der Waals surface area contributed by atoms with Crippen molar-refractivity contribution in [3.63, 3.8) is 0 Å². The number of piperidine rings is 2. The number of carbonyl (C=O) groups excluding carboxylic acids is 1. The van der Waals surface area contributed by atoms with E-state index >= 15 is 0 Å². The molecule has 0 bridgehead atoms. The second-order valence-electron chi connectivity index (χ2n) is 8.63. The maximum atomic E-state index is 12.5. The Morgan fingerprint density at radius 1 is 1.07 bits per heavy atom. The van der Waals surface area contributed by atoms with E-state index < -0.39 is 0 Å². The minimum atomic E-state index is -0.0600. The van der Waals surface area contributed by atoms with Crippen molar-refractivity contribution in [1.82, 2.24) is 15.1 Å². The van der Waals surface area contributed by atoms with Gasteiger partial charge in [-0.2, -0.15) is 0 Å². The lowest BCUT2D eigenvalue weighted by Gasteiger charge is -2.40. The molecule has 0 radical (unpaired) electrons. The second-order valence-corrected chi connectivity index (χ2v) is 8.63. The standard InChI is InChI=1S/C23H35N3O2/c27-23(20-17-19-7-2-3-8-22(19)28-18-20)24-11-6-12-25-15-9-21(10-16-25)26-13-4-1-5-14-26/h2-3,7-8,20-21H,1,4-6,9-18H2,(H,24,27)/t20-/m1/s1. The van der Waals surface area contributed by atoms with E-state index in [0.29, 0.717) is 6.61 Å². The predicted octanol–water partition coefficient (Wildman–Crippen LogP) is 2.69. The molecule has 0 saturated carbocycles. The van der Waals surface area contributed by atoms with Gasteiger partial charge in [0.1, 0.15) is 12.4 Å². The number of amides is 1. The summed E-state index contributed by atoms with van der Waals surface area (Å²) in [4.78, 5) is 17.8. The van der Waals surface area contributed by atoms with E-state index in [1.807, 2.05) is 18.2 Å². The molecule has 1 aromatic carbocycles. The van der Waals surface area contributed by atoms with E-state index in [4.69, 9.17) is 4.74 Å². The third-order valence-corrected chi connectivity index (χ3v) is 6.66. The fourth-order valence-electron chi connectivity index (χ4n) is 4.95. The quantitative estimate of drug-likeness (QED) is 0.765. The monoisotopic (exact) mass is 385 g/mol. The van der Waals surface area contributed by atoms with Crippen molar-refractivity contribution in [3.05, 3.63) is 29.8 Å². The van der Waals surface area contributed by atoms with Crippen molar-refractivity contribution < 1.29 is 9.53 Å². The summed E-state index contributed by atoms with van der Waals surface area (Å²) in [6, 6.07) is 8.84. The van der Waals surface area contributed by atoms with Crippen molar-refractivity contribution in [2.75, 3.05) is 45.9 Å². The fourth-order valence-corrected chi connectivity index (χ4v) is 4.95. The summed E-state index contributed by atoms with van der Waals surface area (Å²) in [5.74, 6) is 1.01. The van der Waals surface area contributed by atoms with Gasteiger partial charge < -0.3 is 19.9 Å². The third-order valence-electron chi connectivity index (χ3n) is 6.66. The maximum Gasteiger partial charge on any atom is 0.226 e. The molecule has 5 nitrogen and oxygen atoms in total. The maximum absolute atomic E-state index is 12.5. The van der Waals surface area contributed by atoms with Gasteiger partial charge in [-0.25, -0.2) is 0 Å². The smallest absolute Gasteiger partial charge is 0.226 e.